The molecule has 1 rings (SSSR count). The number of aryl methyl sites for hydroxylation is 1. The third kappa shape index (κ3) is 5.05. The maximum Gasteiger partial charge on any atom is 0.240 e. The lowest BCUT2D eigenvalue weighted by Crippen LogP contribution is -2.26. The molecule has 0 aliphatic carbocycles. The fourth-order valence-electron chi connectivity index (χ4n) is 1.70. The molecule has 0 bridgehead atoms. The van der Waals surface area contributed by atoms with Gasteiger partial charge in [0.25, 0.3) is 0 Å². The lowest BCUT2D eigenvalue weighted by molar-refractivity contribution is 0.578. The molecule has 0 amide bonds. The van der Waals surface area contributed by atoms with E-state index >= 15 is 0 Å². The number of thioether (sulfide) groups is 1. The summed E-state index contributed by atoms with van der Waals surface area (Å²) < 4.78 is 27.1. The molecule has 0 aliphatic heterocycles. The fraction of sp³-hybridized carbons (Fsp3) is 0.462. The van der Waals surface area contributed by atoms with Crippen molar-refractivity contribution in [1.29, 1.82) is 0 Å². The lowest BCUT2D eigenvalue weighted by atomic mass is 10.1. The van der Waals surface area contributed by atoms with Crippen molar-refractivity contribution >= 4 is 39.0 Å². The zero-order valence-corrected chi connectivity index (χ0v) is 14.1. The molecule has 0 aromatic heterocycles. The van der Waals surface area contributed by atoms with Gasteiger partial charge in [0.1, 0.15) is 4.99 Å². The first-order valence-corrected chi connectivity index (χ1v) is 9.56. The molecule has 112 valence electrons. The Morgan fingerprint density at radius 1 is 1.40 bits per heavy atom. The van der Waals surface area contributed by atoms with Gasteiger partial charge in [-0.15, -0.1) is 0 Å². The molecule has 1 aromatic carbocycles. The third-order valence-electron chi connectivity index (χ3n) is 2.83. The average Bonchev–Trinajstić information content (AvgIpc) is 2.38. The summed E-state index contributed by atoms with van der Waals surface area (Å²) in [6, 6.07) is 4.98. The van der Waals surface area contributed by atoms with Crippen LogP contribution in [0.1, 0.15) is 24.0 Å². The van der Waals surface area contributed by atoms with Gasteiger partial charge >= 0.3 is 0 Å². The minimum absolute atomic E-state index is 0.196. The number of thiocarbonyl (C=S) groups is 1. The molecular formula is C13H20N2O2S3. The maximum atomic E-state index is 12.3. The number of sulfonamides is 1. The molecule has 0 aliphatic rings. The van der Waals surface area contributed by atoms with Crippen LogP contribution in [-0.4, -0.2) is 32.0 Å². The Balaban J connectivity index is 2.81. The number of hydrogen-bond acceptors (Lipinski definition) is 4. The lowest BCUT2D eigenvalue weighted by Gasteiger charge is -2.10. The molecule has 20 heavy (non-hydrogen) atoms. The van der Waals surface area contributed by atoms with E-state index in [1.165, 1.54) is 6.07 Å². The van der Waals surface area contributed by atoms with Crippen molar-refractivity contribution < 1.29 is 8.42 Å². The van der Waals surface area contributed by atoms with Gasteiger partial charge in [0.05, 0.1) is 4.90 Å². The normalized spacial score (nSPS) is 11.5. The quantitative estimate of drug-likeness (QED) is 0.563. The number of benzene rings is 1. The molecule has 0 unspecified atom stereocenters. The van der Waals surface area contributed by atoms with Crippen LogP contribution in [0.5, 0.6) is 0 Å². The van der Waals surface area contributed by atoms with Crippen LogP contribution < -0.4 is 10.5 Å². The number of nitrogens with two attached hydrogens (primary N) is 1. The zero-order chi connectivity index (χ0) is 15.2. The third-order valence-corrected chi connectivity index (χ3v) is 5.37. The second kappa shape index (κ2) is 7.97. The Labute approximate surface area is 130 Å². The highest BCUT2D eigenvalue weighted by atomic mass is 32.2. The van der Waals surface area contributed by atoms with Crippen LogP contribution in [0.15, 0.2) is 23.1 Å². The highest BCUT2D eigenvalue weighted by Crippen LogP contribution is 2.17. The predicted octanol–water partition coefficient (Wildman–Crippen LogP) is 2.05. The summed E-state index contributed by atoms with van der Waals surface area (Å²) >= 11 is 6.64. The van der Waals surface area contributed by atoms with Crippen LogP contribution in [0.3, 0.4) is 0 Å². The van der Waals surface area contributed by atoms with Crippen molar-refractivity contribution in [2.45, 2.75) is 24.7 Å². The molecular weight excluding hydrogens is 312 g/mol. The van der Waals surface area contributed by atoms with Crippen molar-refractivity contribution in [1.82, 2.24) is 4.72 Å². The predicted molar refractivity (Wildman–Crippen MR) is 89.9 cm³/mol. The van der Waals surface area contributed by atoms with Crippen molar-refractivity contribution in [3.8, 4) is 0 Å². The van der Waals surface area contributed by atoms with Crippen molar-refractivity contribution in [3.05, 3.63) is 29.3 Å². The molecule has 4 nitrogen and oxygen atoms in total. The summed E-state index contributed by atoms with van der Waals surface area (Å²) in [6.45, 7) is 2.20. The first-order valence-electron chi connectivity index (χ1n) is 6.27. The van der Waals surface area contributed by atoms with E-state index in [-0.39, 0.29) is 9.88 Å². The van der Waals surface area contributed by atoms with E-state index in [2.05, 4.69) is 4.72 Å². The zero-order valence-electron chi connectivity index (χ0n) is 11.7. The molecule has 0 saturated heterocycles. The molecule has 7 heteroatoms. The van der Waals surface area contributed by atoms with Crippen LogP contribution in [0, 0.1) is 6.92 Å². The minimum Gasteiger partial charge on any atom is -0.389 e. The highest BCUT2D eigenvalue weighted by molar-refractivity contribution is 7.98. The summed E-state index contributed by atoms with van der Waals surface area (Å²) in [7, 11) is -3.51. The topological polar surface area (TPSA) is 72.2 Å². The molecule has 0 fully saturated rings. The van der Waals surface area contributed by atoms with E-state index in [0.29, 0.717) is 17.7 Å². The summed E-state index contributed by atoms with van der Waals surface area (Å²) in [6.07, 6.45) is 3.86. The first kappa shape index (κ1) is 17.4. The van der Waals surface area contributed by atoms with E-state index in [4.69, 9.17) is 18.0 Å². The monoisotopic (exact) mass is 332 g/mol. The summed E-state index contributed by atoms with van der Waals surface area (Å²) in [5.41, 5.74) is 6.79. The number of unbranched alkanes of at least 4 members (excludes halogenated alkanes) is 1. The molecule has 0 heterocycles. The molecule has 0 spiro atoms. The van der Waals surface area contributed by atoms with Gasteiger partial charge in [-0.2, -0.15) is 11.8 Å². The van der Waals surface area contributed by atoms with Gasteiger partial charge in [0.15, 0.2) is 0 Å². The maximum absolute atomic E-state index is 12.3. The average molecular weight is 333 g/mol. The SMILES string of the molecule is CSCCCCNS(=O)(=O)c1cc(C(N)=S)ccc1C. The van der Waals surface area contributed by atoms with Crippen LogP contribution in [0.4, 0.5) is 0 Å². The number of rotatable bonds is 8. The van der Waals surface area contributed by atoms with Gasteiger partial charge in [0, 0.05) is 12.1 Å². The molecule has 0 atom stereocenters. The largest absolute Gasteiger partial charge is 0.389 e. The Morgan fingerprint density at radius 3 is 2.70 bits per heavy atom. The van der Waals surface area contributed by atoms with E-state index in [1.54, 1.807) is 30.8 Å². The molecule has 0 radical (unpaired) electrons. The number of hydrogen-bond donors (Lipinski definition) is 2. The second-order valence-electron chi connectivity index (χ2n) is 4.44. The van der Waals surface area contributed by atoms with Gasteiger partial charge in [-0.3, -0.25) is 0 Å². The summed E-state index contributed by atoms with van der Waals surface area (Å²) in [5.74, 6) is 1.04. The highest BCUT2D eigenvalue weighted by Gasteiger charge is 2.17. The molecule has 0 saturated carbocycles. The summed E-state index contributed by atoms with van der Waals surface area (Å²) in [5, 5.41) is 0. The fourth-order valence-corrected chi connectivity index (χ4v) is 3.66. The van der Waals surface area contributed by atoms with Gasteiger partial charge in [0.2, 0.25) is 10.0 Å². The van der Waals surface area contributed by atoms with Crippen LogP contribution in [0.2, 0.25) is 0 Å². The second-order valence-corrected chi connectivity index (χ2v) is 7.60. The first-order chi connectivity index (χ1) is 9.38. The standard InChI is InChI=1S/C13H20N2O2S3/c1-10-5-6-11(13(14)18)9-12(10)20(16,17)15-7-3-4-8-19-2/h5-6,9,15H,3-4,7-8H2,1-2H3,(H2,14,18). The molecule has 1 aromatic rings. The Kier molecular flexibility index (Phi) is 6.94. The van der Waals surface area contributed by atoms with Crippen molar-refractivity contribution in [2.24, 2.45) is 5.73 Å². The minimum atomic E-state index is -3.51. The Bertz CT molecular complexity index is 571. The Morgan fingerprint density at radius 2 is 2.10 bits per heavy atom. The van der Waals surface area contributed by atoms with Gasteiger partial charge in [-0.25, -0.2) is 13.1 Å². The van der Waals surface area contributed by atoms with E-state index < -0.39 is 10.0 Å². The van der Waals surface area contributed by atoms with E-state index in [1.807, 2.05) is 6.26 Å². The Hall–Kier alpha value is -0.630. The van der Waals surface area contributed by atoms with Gasteiger partial charge < -0.3 is 5.73 Å². The number of nitrogens with one attached hydrogen (secondary N) is 1. The van der Waals surface area contributed by atoms with Crippen molar-refractivity contribution in [2.75, 3.05) is 18.6 Å². The van der Waals surface area contributed by atoms with Gasteiger partial charge in [-0.05, 0) is 43.4 Å². The van der Waals surface area contributed by atoms with E-state index in [9.17, 15) is 8.42 Å². The van der Waals surface area contributed by atoms with E-state index in [0.717, 1.165) is 18.6 Å². The van der Waals surface area contributed by atoms with Crippen LogP contribution >= 0.6 is 24.0 Å². The van der Waals surface area contributed by atoms with Crippen LogP contribution in [0.25, 0.3) is 0 Å². The smallest absolute Gasteiger partial charge is 0.240 e. The van der Waals surface area contributed by atoms with Gasteiger partial charge in [-0.1, -0.05) is 24.4 Å². The summed E-state index contributed by atoms with van der Waals surface area (Å²) in [4.78, 5) is 0.439. The van der Waals surface area contributed by atoms with Crippen LogP contribution in [-0.2, 0) is 10.0 Å². The van der Waals surface area contributed by atoms with Crippen molar-refractivity contribution in [3.63, 3.8) is 0 Å². The molecule has 3 N–H and O–H groups in total.